The third kappa shape index (κ3) is 6.26. The van der Waals surface area contributed by atoms with Crippen molar-refractivity contribution in [2.45, 2.75) is 4.90 Å². The van der Waals surface area contributed by atoms with E-state index >= 15 is 0 Å². The van der Waals surface area contributed by atoms with Crippen molar-refractivity contribution in [3.63, 3.8) is 0 Å². The normalized spacial score (nSPS) is 10.9. The molecular weight excluding hydrogens is 458 g/mol. The second-order valence-electron chi connectivity index (χ2n) is 6.61. The Kier molecular flexibility index (Phi) is 7.23. The van der Waals surface area contributed by atoms with Crippen LogP contribution in [0.5, 0.6) is 5.75 Å². The lowest BCUT2D eigenvalue weighted by molar-refractivity contribution is -0.119. The molecule has 3 rings (SSSR count). The van der Waals surface area contributed by atoms with Gasteiger partial charge in [0.05, 0.1) is 23.3 Å². The second kappa shape index (κ2) is 10.1. The summed E-state index contributed by atoms with van der Waals surface area (Å²) in [5.41, 5.74) is -0.114. The maximum atomic E-state index is 13.6. The molecule has 8 nitrogen and oxygen atoms in total. The molecule has 3 aromatic carbocycles. The van der Waals surface area contributed by atoms with E-state index < -0.39 is 40.1 Å². The van der Waals surface area contributed by atoms with E-state index in [9.17, 15) is 26.8 Å². The molecule has 0 aromatic heterocycles. The van der Waals surface area contributed by atoms with Gasteiger partial charge in [0.2, 0.25) is 0 Å². The summed E-state index contributed by atoms with van der Waals surface area (Å²) < 4.78 is 64.0. The molecule has 0 aliphatic rings. The number of rotatable bonds is 8. The Balaban J connectivity index is 1.64. The van der Waals surface area contributed by atoms with Gasteiger partial charge in [-0.2, -0.15) is 0 Å². The Morgan fingerprint density at radius 3 is 2.36 bits per heavy atom. The monoisotopic (exact) mass is 476 g/mol. The molecule has 3 aromatic rings. The van der Waals surface area contributed by atoms with Gasteiger partial charge in [-0.05, 0) is 54.6 Å². The number of hydrogen-bond acceptors (Lipinski definition) is 6. The van der Waals surface area contributed by atoms with Crippen molar-refractivity contribution >= 4 is 33.3 Å². The van der Waals surface area contributed by atoms with E-state index in [0.717, 1.165) is 18.2 Å². The number of amides is 1. The highest BCUT2D eigenvalue weighted by atomic mass is 32.2. The van der Waals surface area contributed by atoms with Gasteiger partial charge in [-0.3, -0.25) is 9.52 Å². The highest BCUT2D eigenvalue weighted by Gasteiger charge is 2.18. The molecule has 0 heterocycles. The first-order valence-electron chi connectivity index (χ1n) is 9.37. The average molecular weight is 476 g/mol. The van der Waals surface area contributed by atoms with Crippen LogP contribution in [-0.2, 0) is 19.6 Å². The van der Waals surface area contributed by atoms with Crippen molar-refractivity contribution in [1.29, 1.82) is 0 Å². The molecule has 1 amide bonds. The molecule has 0 aliphatic carbocycles. The van der Waals surface area contributed by atoms with Gasteiger partial charge in [-0.1, -0.05) is 6.07 Å². The number of halogens is 2. The third-order valence-electron chi connectivity index (χ3n) is 4.26. The van der Waals surface area contributed by atoms with E-state index in [2.05, 4.69) is 10.0 Å². The number of nitrogens with one attached hydrogen (secondary N) is 2. The zero-order valence-corrected chi connectivity index (χ0v) is 18.0. The molecule has 0 unspecified atom stereocenters. The number of benzene rings is 3. The Hall–Kier alpha value is -3.99. The molecule has 11 heteroatoms. The number of carbonyl (C=O) groups excluding carboxylic acids is 2. The molecule has 0 atom stereocenters. The smallest absolute Gasteiger partial charge is 0.338 e. The summed E-state index contributed by atoms with van der Waals surface area (Å²) in [6.07, 6.45) is 0. The first-order valence-corrected chi connectivity index (χ1v) is 10.9. The molecule has 0 fully saturated rings. The molecule has 0 saturated heterocycles. The van der Waals surface area contributed by atoms with E-state index in [0.29, 0.717) is 11.8 Å². The van der Waals surface area contributed by atoms with E-state index in [1.54, 1.807) is 12.1 Å². The number of anilines is 2. The van der Waals surface area contributed by atoms with Crippen LogP contribution in [0.15, 0.2) is 71.6 Å². The van der Waals surface area contributed by atoms with Crippen LogP contribution in [0.4, 0.5) is 20.2 Å². The lowest BCUT2D eigenvalue weighted by Crippen LogP contribution is -2.21. The summed E-state index contributed by atoms with van der Waals surface area (Å²) in [5, 5.41) is 2.14. The van der Waals surface area contributed by atoms with Crippen molar-refractivity contribution < 1.29 is 36.3 Å². The van der Waals surface area contributed by atoms with E-state index in [4.69, 9.17) is 9.47 Å². The van der Waals surface area contributed by atoms with Gasteiger partial charge < -0.3 is 14.8 Å². The summed E-state index contributed by atoms with van der Waals surface area (Å²) in [4.78, 5) is 24.0. The zero-order valence-electron chi connectivity index (χ0n) is 17.2. The predicted molar refractivity (Wildman–Crippen MR) is 116 cm³/mol. The maximum absolute atomic E-state index is 13.6. The fraction of sp³-hybridized carbons (Fsp3) is 0.0909. The standard InChI is InChI=1S/C22H18F2N2O6S/c1-31-17-8-6-16(7-9-17)26-33(29,30)18-4-2-3-14(11-18)22(28)32-13-21(27)25-20-10-5-15(23)12-19(20)24/h2-12,26H,13H2,1H3,(H,25,27). The van der Waals surface area contributed by atoms with Crippen molar-refractivity contribution in [1.82, 2.24) is 0 Å². The minimum absolute atomic E-state index is 0.117. The molecule has 0 radical (unpaired) electrons. The first-order chi connectivity index (χ1) is 15.7. The Morgan fingerprint density at radius 1 is 0.970 bits per heavy atom. The number of methoxy groups -OCH3 is 1. The predicted octanol–water partition coefficient (Wildman–Crippen LogP) is 3.57. The van der Waals surface area contributed by atoms with Gasteiger partial charge in [0.15, 0.2) is 6.61 Å². The number of hydrogen-bond donors (Lipinski definition) is 2. The van der Waals surface area contributed by atoms with Crippen LogP contribution in [0.2, 0.25) is 0 Å². The molecule has 0 bridgehead atoms. The fourth-order valence-corrected chi connectivity index (χ4v) is 3.76. The number of esters is 1. The minimum atomic E-state index is -4.02. The van der Waals surface area contributed by atoms with Crippen molar-refractivity contribution in [3.8, 4) is 5.75 Å². The van der Waals surface area contributed by atoms with Crippen molar-refractivity contribution in [2.24, 2.45) is 0 Å². The lowest BCUT2D eigenvalue weighted by Gasteiger charge is -2.10. The topological polar surface area (TPSA) is 111 Å². The SMILES string of the molecule is COc1ccc(NS(=O)(=O)c2cccc(C(=O)OCC(=O)Nc3ccc(F)cc3F)c2)cc1. The van der Waals surface area contributed by atoms with E-state index in [-0.39, 0.29) is 21.8 Å². The highest BCUT2D eigenvalue weighted by Crippen LogP contribution is 2.20. The third-order valence-corrected chi connectivity index (χ3v) is 5.64. The summed E-state index contributed by atoms with van der Waals surface area (Å²) in [6.45, 7) is -0.767. The largest absolute Gasteiger partial charge is 0.497 e. The maximum Gasteiger partial charge on any atom is 0.338 e. The van der Waals surface area contributed by atoms with Crippen LogP contribution in [0, 0.1) is 11.6 Å². The summed E-state index contributed by atoms with van der Waals surface area (Å²) in [5.74, 6) is -3.08. The van der Waals surface area contributed by atoms with Crippen molar-refractivity contribution in [2.75, 3.05) is 23.8 Å². The molecule has 2 N–H and O–H groups in total. The number of carbonyl (C=O) groups is 2. The van der Waals surface area contributed by atoms with Gasteiger partial charge in [0, 0.05) is 11.8 Å². The van der Waals surface area contributed by atoms with Crippen LogP contribution < -0.4 is 14.8 Å². The summed E-state index contributed by atoms with van der Waals surface area (Å²) >= 11 is 0. The van der Waals surface area contributed by atoms with Gasteiger partial charge in [-0.25, -0.2) is 22.0 Å². The number of sulfonamides is 1. The Bertz CT molecular complexity index is 1280. The van der Waals surface area contributed by atoms with Gasteiger partial charge in [0.1, 0.15) is 17.4 Å². The van der Waals surface area contributed by atoms with Crippen molar-refractivity contribution in [3.05, 3.63) is 83.9 Å². The van der Waals surface area contributed by atoms with Crippen LogP contribution in [0.1, 0.15) is 10.4 Å². The minimum Gasteiger partial charge on any atom is -0.497 e. The van der Waals surface area contributed by atoms with Crippen LogP contribution in [0.3, 0.4) is 0 Å². The number of ether oxygens (including phenoxy) is 2. The van der Waals surface area contributed by atoms with Gasteiger partial charge in [0.25, 0.3) is 15.9 Å². The van der Waals surface area contributed by atoms with E-state index in [1.165, 1.54) is 37.4 Å². The quantitative estimate of drug-likeness (QED) is 0.481. The van der Waals surface area contributed by atoms with E-state index in [1.807, 2.05) is 0 Å². The molecular formula is C22H18F2N2O6S. The molecule has 172 valence electrons. The second-order valence-corrected chi connectivity index (χ2v) is 8.29. The average Bonchev–Trinajstić information content (AvgIpc) is 2.79. The molecule has 33 heavy (non-hydrogen) atoms. The summed E-state index contributed by atoms with van der Waals surface area (Å²) in [7, 11) is -2.54. The Morgan fingerprint density at radius 2 is 1.70 bits per heavy atom. The molecule has 0 saturated carbocycles. The molecule has 0 spiro atoms. The van der Waals surface area contributed by atoms with Crippen LogP contribution in [-0.4, -0.2) is 34.0 Å². The highest BCUT2D eigenvalue weighted by molar-refractivity contribution is 7.92. The van der Waals surface area contributed by atoms with Crippen LogP contribution >= 0.6 is 0 Å². The van der Waals surface area contributed by atoms with Crippen LogP contribution in [0.25, 0.3) is 0 Å². The lowest BCUT2D eigenvalue weighted by atomic mass is 10.2. The molecule has 0 aliphatic heterocycles. The fourth-order valence-electron chi connectivity index (χ4n) is 2.65. The van der Waals surface area contributed by atoms with Gasteiger partial charge in [-0.15, -0.1) is 0 Å². The first kappa shape index (κ1) is 23.7. The Labute approximate surface area is 188 Å². The van der Waals surface area contributed by atoms with Gasteiger partial charge >= 0.3 is 5.97 Å². The summed E-state index contributed by atoms with van der Waals surface area (Å²) in [6, 6.07) is 13.8. The zero-order chi connectivity index (χ0) is 24.0.